The van der Waals surface area contributed by atoms with Crippen molar-refractivity contribution >= 4 is 16.8 Å². The fourth-order valence-electron chi connectivity index (χ4n) is 5.59. The summed E-state index contributed by atoms with van der Waals surface area (Å²) in [4.78, 5) is 20.3. The van der Waals surface area contributed by atoms with E-state index >= 15 is 0 Å². The van der Waals surface area contributed by atoms with E-state index in [9.17, 15) is 9.90 Å². The van der Waals surface area contributed by atoms with E-state index in [0.29, 0.717) is 24.4 Å². The van der Waals surface area contributed by atoms with Crippen molar-refractivity contribution < 1.29 is 14.6 Å². The minimum absolute atomic E-state index is 0.0134. The number of benzene rings is 2. The number of piperidine rings is 1. The summed E-state index contributed by atoms with van der Waals surface area (Å²) in [5.41, 5.74) is 1.23. The predicted molar refractivity (Wildman–Crippen MR) is 120 cm³/mol. The van der Waals surface area contributed by atoms with E-state index in [1.165, 1.54) is 0 Å². The molecule has 5 heteroatoms. The Bertz CT molecular complexity index is 1100. The molecule has 0 unspecified atom stereocenters. The molecule has 1 saturated heterocycles. The Kier molecular flexibility index (Phi) is 5.14. The van der Waals surface area contributed by atoms with Crippen LogP contribution in [0, 0.1) is 5.92 Å². The van der Waals surface area contributed by atoms with Crippen LogP contribution in [0.3, 0.4) is 0 Å². The van der Waals surface area contributed by atoms with Crippen LogP contribution in [-0.4, -0.2) is 40.6 Å². The maximum absolute atomic E-state index is 13.6. The van der Waals surface area contributed by atoms with Gasteiger partial charge in [0.2, 0.25) is 0 Å². The molecule has 5 rings (SSSR count). The van der Waals surface area contributed by atoms with Gasteiger partial charge in [-0.2, -0.15) is 0 Å². The second-order valence-corrected chi connectivity index (χ2v) is 8.72. The lowest BCUT2D eigenvalue weighted by atomic mass is 9.66. The van der Waals surface area contributed by atoms with Crippen LogP contribution in [0.2, 0.25) is 0 Å². The van der Waals surface area contributed by atoms with E-state index in [2.05, 4.69) is 4.98 Å². The largest absolute Gasteiger partial charge is 0.496 e. The molecule has 160 valence electrons. The third-order valence-electron chi connectivity index (χ3n) is 7.13. The van der Waals surface area contributed by atoms with Gasteiger partial charge in [0.05, 0.1) is 18.2 Å². The van der Waals surface area contributed by atoms with Crippen molar-refractivity contribution in [3.63, 3.8) is 0 Å². The standard InChI is InChI=1S/C26H28N2O3/c1-31-24-17-22(27-21-13-7-5-11-19(21)24)25(29)28-16-15-26(30,18-9-3-2-4-10-18)20-12-6-8-14-23(20)28/h2-5,7,9-11,13,17,20,23,30H,6,8,12,14-16H2,1H3/t20-,23+,26-/m0/s1. The predicted octanol–water partition coefficient (Wildman–Crippen LogP) is 4.54. The van der Waals surface area contributed by atoms with Gasteiger partial charge in [0, 0.05) is 30.0 Å². The van der Waals surface area contributed by atoms with Gasteiger partial charge in [-0.3, -0.25) is 4.79 Å². The number of rotatable bonds is 3. The molecule has 1 aliphatic heterocycles. The molecular formula is C26H28N2O3. The van der Waals surface area contributed by atoms with Gasteiger partial charge in [0.15, 0.2) is 0 Å². The van der Waals surface area contributed by atoms with Crippen molar-refractivity contribution in [2.75, 3.05) is 13.7 Å². The Balaban J connectivity index is 1.50. The number of ether oxygens (including phenoxy) is 1. The van der Waals surface area contributed by atoms with Crippen molar-refractivity contribution in [3.8, 4) is 5.75 Å². The average Bonchev–Trinajstić information content (AvgIpc) is 2.84. The van der Waals surface area contributed by atoms with Crippen LogP contribution in [0.1, 0.15) is 48.2 Å². The van der Waals surface area contributed by atoms with Crippen LogP contribution < -0.4 is 4.74 Å². The Morgan fingerprint density at radius 1 is 1.10 bits per heavy atom. The highest BCUT2D eigenvalue weighted by Gasteiger charge is 2.50. The molecule has 1 saturated carbocycles. The molecule has 0 bridgehead atoms. The zero-order chi connectivity index (χ0) is 21.4. The molecule has 31 heavy (non-hydrogen) atoms. The van der Waals surface area contributed by atoms with E-state index in [1.54, 1.807) is 13.2 Å². The maximum Gasteiger partial charge on any atom is 0.272 e. The van der Waals surface area contributed by atoms with E-state index < -0.39 is 5.60 Å². The molecule has 2 fully saturated rings. The highest BCUT2D eigenvalue weighted by molar-refractivity contribution is 5.97. The first-order valence-electron chi connectivity index (χ1n) is 11.1. The van der Waals surface area contributed by atoms with E-state index in [-0.39, 0.29) is 17.9 Å². The lowest BCUT2D eigenvalue weighted by Crippen LogP contribution is -2.59. The molecule has 1 aliphatic carbocycles. The SMILES string of the molecule is COc1cc(C(=O)N2CC[C@](O)(c3ccccc3)[C@H]3CCCC[C@H]32)nc2ccccc12. The number of hydrogen-bond acceptors (Lipinski definition) is 4. The first kappa shape index (κ1) is 20.0. The Morgan fingerprint density at radius 3 is 2.65 bits per heavy atom. The minimum atomic E-state index is -0.891. The zero-order valence-corrected chi connectivity index (χ0v) is 17.8. The molecular weight excluding hydrogens is 388 g/mol. The lowest BCUT2D eigenvalue weighted by molar-refractivity contribution is -0.110. The number of carbonyl (C=O) groups is 1. The van der Waals surface area contributed by atoms with Gasteiger partial charge in [-0.05, 0) is 37.0 Å². The lowest BCUT2D eigenvalue weighted by Gasteiger charge is -2.52. The van der Waals surface area contributed by atoms with Gasteiger partial charge in [0.1, 0.15) is 11.4 Å². The number of aliphatic hydroxyl groups is 1. The summed E-state index contributed by atoms with van der Waals surface area (Å²) in [5, 5.41) is 12.7. The zero-order valence-electron chi connectivity index (χ0n) is 17.8. The molecule has 3 aromatic rings. The highest BCUT2D eigenvalue weighted by atomic mass is 16.5. The Hall–Kier alpha value is -2.92. The van der Waals surface area contributed by atoms with Crippen molar-refractivity contribution in [3.05, 3.63) is 71.9 Å². The smallest absolute Gasteiger partial charge is 0.272 e. The normalized spacial score (nSPS) is 25.8. The molecule has 1 amide bonds. The monoisotopic (exact) mass is 416 g/mol. The van der Waals surface area contributed by atoms with Crippen molar-refractivity contribution in [1.29, 1.82) is 0 Å². The number of methoxy groups -OCH3 is 1. The summed E-state index contributed by atoms with van der Waals surface area (Å²) < 4.78 is 5.55. The third kappa shape index (κ3) is 3.37. The number of fused-ring (bicyclic) bond motifs is 2. The number of likely N-dealkylation sites (tertiary alicyclic amines) is 1. The molecule has 0 spiro atoms. The quantitative estimate of drug-likeness (QED) is 0.681. The summed E-state index contributed by atoms with van der Waals surface area (Å²) in [6, 6.07) is 19.4. The van der Waals surface area contributed by atoms with Gasteiger partial charge < -0.3 is 14.7 Å². The first-order valence-corrected chi connectivity index (χ1v) is 11.1. The van der Waals surface area contributed by atoms with Gasteiger partial charge >= 0.3 is 0 Å². The van der Waals surface area contributed by atoms with Crippen molar-refractivity contribution in [2.45, 2.75) is 43.7 Å². The van der Waals surface area contributed by atoms with E-state index in [1.807, 2.05) is 59.5 Å². The van der Waals surface area contributed by atoms with Gasteiger partial charge in [-0.25, -0.2) is 4.98 Å². The average molecular weight is 417 g/mol. The van der Waals surface area contributed by atoms with Crippen LogP contribution in [0.4, 0.5) is 0 Å². The molecule has 5 nitrogen and oxygen atoms in total. The second kappa shape index (κ2) is 7.97. The summed E-state index contributed by atoms with van der Waals surface area (Å²) in [5.74, 6) is 0.617. The fraction of sp³-hybridized carbons (Fsp3) is 0.385. The van der Waals surface area contributed by atoms with Crippen LogP contribution in [0.25, 0.3) is 10.9 Å². The topological polar surface area (TPSA) is 62.7 Å². The summed E-state index contributed by atoms with van der Waals surface area (Å²) in [6.07, 6.45) is 4.53. The first-order chi connectivity index (χ1) is 15.1. The van der Waals surface area contributed by atoms with E-state index in [4.69, 9.17) is 4.74 Å². The molecule has 1 aromatic heterocycles. The minimum Gasteiger partial charge on any atom is -0.496 e. The van der Waals surface area contributed by atoms with Gasteiger partial charge in [-0.15, -0.1) is 0 Å². The van der Waals surface area contributed by atoms with Crippen LogP contribution in [0.15, 0.2) is 60.7 Å². The van der Waals surface area contributed by atoms with Crippen molar-refractivity contribution in [1.82, 2.24) is 9.88 Å². The molecule has 2 aromatic carbocycles. The van der Waals surface area contributed by atoms with Gasteiger partial charge in [-0.1, -0.05) is 55.3 Å². The fourth-order valence-corrected chi connectivity index (χ4v) is 5.59. The molecule has 2 heterocycles. The van der Waals surface area contributed by atoms with Crippen molar-refractivity contribution in [2.24, 2.45) is 5.92 Å². The van der Waals surface area contributed by atoms with E-state index in [0.717, 1.165) is 42.1 Å². The molecule has 1 N–H and O–H groups in total. The number of hydrogen-bond donors (Lipinski definition) is 1. The second-order valence-electron chi connectivity index (χ2n) is 8.72. The number of amides is 1. The number of aromatic nitrogens is 1. The summed E-state index contributed by atoms with van der Waals surface area (Å²) in [6.45, 7) is 0.516. The van der Waals surface area contributed by atoms with Crippen LogP contribution >= 0.6 is 0 Å². The Labute approximate surface area is 182 Å². The summed E-state index contributed by atoms with van der Waals surface area (Å²) >= 11 is 0. The number of para-hydroxylation sites is 1. The van der Waals surface area contributed by atoms with Crippen LogP contribution in [0.5, 0.6) is 5.75 Å². The maximum atomic E-state index is 13.6. The summed E-state index contributed by atoms with van der Waals surface area (Å²) in [7, 11) is 1.62. The third-order valence-corrected chi connectivity index (χ3v) is 7.13. The highest BCUT2D eigenvalue weighted by Crippen LogP contribution is 2.47. The number of pyridine rings is 1. The number of carbonyl (C=O) groups excluding carboxylic acids is 1. The Morgan fingerprint density at radius 2 is 1.84 bits per heavy atom. The van der Waals surface area contributed by atoms with Crippen LogP contribution in [-0.2, 0) is 5.60 Å². The number of nitrogens with zero attached hydrogens (tertiary/aromatic N) is 2. The van der Waals surface area contributed by atoms with Gasteiger partial charge in [0.25, 0.3) is 5.91 Å². The molecule has 3 atom stereocenters. The molecule has 0 radical (unpaired) electrons. The molecule has 2 aliphatic rings.